The number of benzene rings is 1. The van der Waals surface area contributed by atoms with Crippen LogP contribution in [0, 0.1) is 6.92 Å². The number of anilines is 1. The van der Waals surface area contributed by atoms with Crippen molar-refractivity contribution in [3.8, 4) is 0 Å². The van der Waals surface area contributed by atoms with Gasteiger partial charge in [0, 0.05) is 12.3 Å². The number of thiazole rings is 1. The lowest BCUT2D eigenvalue weighted by atomic mass is 10.1. The van der Waals surface area contributed by atoms with E-state index in [9.17, 15) is 4.79 Å². The number of carbonyl (C=O) groups is 1. The van der Waals surface area contributed by atoms with Crippen LogP contribution in [0.5, 0.6) is 0 Å². The first kappa shape index (κ1) is 12.7. The highest BCUT2D eigenvalue weighted by atomic mass is 32.1. The maximum absolute atomic E-state index is 11.9. The first-order valence-corrected chi connectivity index (χ1v) is 6.50. The fraction of sp³-hybridized carbons (Fsp3) is 0.231. The maximum atomic E-state index is 11.9. The molecular formula is C13H14N2O2S. The minimum absolute atomic E-state index is 0.131. The molecule has 1 aromatic carbocycles. The van der Waals surface area contributed by atoms with Crippen LogP contribution in [0.3, 0.4) is 0 Å². The molecule has 0 spiro atoms. The van der Waals surface area contributed by atoms with Crippen molar-refractivity contribution in [2.24, 2.45) is 0 Å². The van der Waals surface area contributed by atoms with E-state index >= 15 is 0 Å². The van der Waals surface area contributed by atoms with Gasteiger partial charge in [0.25, 0.3) is 5.91 Å². The lowest BCUT2D eigenvalue weighted by Gasteiger charge is -2.05. The molecule has 1 amide bonds. The van der Waals surface area contributed by atoms with Crippen LogP contribution in [-0.2, 0) is 6.42 Å². The summed E-state index contributed by atoms with van der Waals surface area (Å²) in [5.41, 5.74) is 4.20. The van der Waals surface area contributed by atoms with Crippen LogP contribution < -0.4 is 5.32 Å². The molecule has 0 saturated heterocycles. The van der Waals surface area contributed by atoms with Gasteiger partial charge in [0.05, 0.1) is 11.2 Å². The van der Waals surface area contributed by atoms with E-state index in [1.54, 1.807) is 5.51 Å². The van der Waals surface area contributed by atoms with Gasteiger partial charge in [-0.3, -0.25) is 4.79 Å². The van der Waals surface area contributed by atoms with Crippen molar-refractivity contribution in [3.63, 3.8) is 0 Å². The van der Waals surface area contributed by atoms with Crippen LogP contribution in [0.4, 0.5) is 5.69 Å². The third-order valence-corrected chi connectivity index (χ3v) is 3.49. The van der Waals surface area contributed by atoms with E-state index in [0.29, 0.717) is 11.3 Å². The van der Waals surface area contributed by atoms with Crippen LogP contribution >= 0.6 is 11.3 Å². The van der Waals surface area contributed by atoms with Gasteiger partial charge in [0.15, 0.2) is 0 Å². The monoisotopic (exact) mass is 262 g/mol. The highest BCUT2D eigenvalue weighted by molar-refractivity contribution is 7.12. The van der Waals surface area contributed by atoms with E-state index in [-0.39, 0.29) is 12.5 Å². The molecule has 0 saturated carbocycles. The molecule has 0 bridgehead atoms. The SMILES string of the molecule is Cc1ncsc1C(=O)Nc1ccc(CCO)cc1. The molecule has 0 fully saturated rings. The lowest BCUT2D eigenvalue weighted by molar-refractivity contribution is 0.103. The Morgan fingerprint density at radius 1 is 1.39 bits per heavy atom. The van der Waals surface area contributed by atoms with Crippen molar-refractivity contribution in [3.05, 3.63) is 45.9 Å². The topological polar surface area (TPSA) is 62.2 Å². The van der Waals surface area contributed by atoms with Crippen molar-refractivity contribution in [2.45, 2.75) is 13.3 Å². The van der Waals surface area contributed by atoms with Crippen LogP contribution in [0.1, 0.15) is 20.9 Å². The number of aliphatic hydroxyl groups excluding tert-OH is 1. The third kappa shape index (κ3) is 2.94. The average molecular weight is 262 g/mol. The number of hydrogen-bond acceptors (Lipinski definition) is 4. The lowest BCUT2D eigenvalue weighted by Crippen LogP contribution is -2.11. The molecule has 0 aliphatic heterocycles. The molecule has 0 unspecified atom stereocenters. The van der Waals surface area contributed by atoms with Crippen LogP contribution in [-0.4, -0.2) is 22.6 Å². The number of hydrogen-bond donors (Lipinski definition) is 2. The summed E-state index contributed by atoms with van der Waals surface area (Å²) in [5.74, 6) is -0.134. The minimum Gasteiger partial charge on any atom is -0.396 e. The number of amides is 1. The van der Waals surface area contributed by atoms with E-state index in [4.69, 9.17) is 5.11 Å². The number of nitrogens with zero attached hydrogens (tertiary/aromatic N) is 1. The van der Waals surface area contributed by atoms with Crippen LogP contribution in [0.15, 0.2) is 29.8 Å². The van der Waals surface area contributed by atoms with E-state index in [1.165, 1.54) is 11.3 Å². The highest BCUT2D eigenvalue weighted by Gasteiger charge is 2.11. The zero-order chi connectivity index (χ0) is 13.0. The molecule has 5 heteroatoms. The van der Waals surface area contributed by atoms with Gasteiger partial charge < -0.3 is 10.4 Å². The Kier molecular flexibility index (Phi) is 4.07. The Labute approximate surface area is 109 Å². The number of aliphatic hydroxyl groups is 1. The van der Waals surface area contributed by atoms with Crippen LogP contribution in [0.2, 0.25) is 0 Å². The Morgan fingerprint density at radius 2 is 2.11 bits per heavy atom. The molecule has 0 aliphatic carbocycles. The Bertz CT molecular complexity index is 534. The zero-order valence-corrected chi connectivity index (χ0v) is 10.8. The van der Waals surface area contributed by atoms with E-state index in [2.05, 4.69) is 10.3 Å². The summed E-state index contributed by atoms with van der Waals surface area (Å²) in [6.45, 7) is 1.95. The van der Waals surface area contributed by atoms with Gasteiger partial charge in [-0.05, 0) is 31.0 Å². The molecular weight excluding hydrogens is 248 g/mol. The standard InChI is InChI=1S/C13H14N2O2S/c1-9-12(18-8-14-9)13(17)15-11-4-2-10(3-5-11)6-7-16/h2-5,8,16H,6-7H2,1H3,(H,15,17). The van der Waals surface area contributed by atoms with Gasteiger partial charge in [0.1, 0.15) is 4.88 Å². The third-order valence-electron chi connectivity index (χ3n) is 2.56. The fourth-order valence-corrected chi connectivity index (χ4v) is 2.29. The summed E-state index contributed by atoms with van der Waals surface area (Å²) >= 11 is 1.33. The number of aryl methyl sites for hydroxylation is 1. The second kappa shape index (κ2) is 5.75. The molecule has 0 aliphatic rings. The smallest absolute Gasteiger partial charge is 0.267 e. The normalized spacial score (nSPS) is 10.3. The van der Waals surface area contributed by atoms with Crippen molar-refractivity contribution >= 4 is 22.9 Å². The second-order valence-corrected chi connectivity index (χ2v) is 4.75. The molecule has 4 nitrogen and oxygen atoms in total. The summed E-state index contributed by atoms with van der Waals surface area (Å²) in [6.07, 6.45) is 0.627. The molecule has 2 N–H and O–H groups in total. The Morgan fingerprint density at radius 3 is 2.67 bits per heavy atom. The summed E-state index contributed by atoms with van der Waals surface area (Å²) < 4.78 is 0. The van der Waals surface area contributed by atoms with Gasteiger partial charge in [0.2, 0.25) is 0 Å². The Hall–Kier alpha value is -1.72. The Balaban J connectivity index is 2.05. The van der Waals surface area contributed by atoms with Crippen molar-refractivity contribution in [1.29, 1.82) is 0 Å². The maximum Gasteiger partial charge on any atom is 0.267 e. The largest absolute Gasteiger partial charge is 0.396 e. The predicted octanol–water partition coefficient (Wildman–Crippen LogP) is 2.24. The summed E-state index contributed by atoms with van der Waals surface area (Å²) in [4.78, 5) is 16.6. The molecule has 0 radical (unpaired) electrons. The summed E-state index contributed by atoms with van der Waals surface area (Å²) in [5, 5.41) is 11.6. The number of carbonyl (C=O) groups excluding carboxylic acids is 1. The molecule has 94 valence electrons. The molecule has 18 heavy (non-hydrogen) atoms. The van der Waals surface area contributed by atoms with Crippen molar-refractivity contribution < 1.29 is 9.90 Å². The summed E-state index contributed by atoms with van der Waals surface area (Å²) in [7, 11) is 0. The van der Waals surface area contributed by atoms with E-state index in [0.717, 1.165) is 16.9 Å². The quantitative estimate of drug-likeness (QED) is 0.888. The summed E-state index contributed by atoms with van der Waals surface area (Å²) in [6, 6.07) is 7.45. The number of nitrogens with one attached hydrogen (secondary N) is 1. The van der Waals surface area contributed by atoms with Gasteiger partial charge in [-0.15, -0.1) is 11.3 Å². The van der Waals surface area contributed by atoms with Gasteiger partial charge in [-0.1, -0.05) is 12.1 Å². The number of aromatic nitrogens is 1. The van der Waals surface area contributed by atoms with Crippen molar-refractivity contribution in [1.82, 2.24) is 4.98 Å². The minimum atomic E-state index is -0.134. The molecule has 0 atom stereocenters. The van der Waals surface area contributed by atoms with Gasteiger partial charge in [-0.2, -0.15) is 0 Å². The zero-order valence-electron chi connectivity index (χ0n) is 10.0. The van der Waals surface area contributed by atoms with Crippen LogP contribution in [0.25, 0.3) is 0 Å². The fourth-order valence-electron chi connectivity index (χ4n) is 1.59. The van der Waals surface area contributed by atoms with E-state index in [1.807, 2.05) is 31.2 Å². The van der Waals surface area contributed by atoms with Gasteiger partial charge in [-0.25, -0.2) is 4.98 Å². The second-order valence-electron chi connectivity index (χ2n) is 3.89. The highest BCUT2D eigenvalue weighted by Crippen LogP contribution is 2.16. The predicted molar refractivity (Wildman–Crippen MR) is 72.0 cm³/mol. The average Bonchev–Trinajstić information content (AvgIpc) is 2.78. The molecule has 2 rings (SSSR count). The molecule has 2 aromatic rings. The first-order valence-electron chi connectivity index (χ1n) is 5.62. The van der Waals surface area contributed by atoms with Crippen molar-refractivity contribution in [2.75, 3.05) is 11.9 Å². The number of rotatable bonds is 4. The first-order chi connectivity index (χ1) is 8.70. The van der Waals surface area contributed by atoms with Gasteiger partial charge >= 0.3 is 0 Å². The van der Waals surface area contributed by atoms with E-state index < -0.39 is 0 Å². The molecule has 1 aromatic heterocycles. The molecule has 1 heterocycles.